The molecule has 2 aromatic heterocycles. The van der Waals surface area contributed by atoms with Crippen LogP contribution < -0.4 is 5.73 Å². The summed E-state index contributed by atoms with van der Waals surface area (Å²) in [6.07, 6.45) is 2.31. The van der Waals surface area contributed by atoms with Crippen LogP contribution in [0.5, 0.6) is 0 Å². The highest BCUT2D eigenvalue weighted by Crippen LogP contribution is 2.43. The summed E-state index contributed by atoms with van der Waals surface area (Å²) in [5.41, 5.74) is 7.77. The van der Waals surface area contributed by atoms with E-state index in [2.05, 4.69) is 10.1 Å². The summed E-state index contributed by atoms with van der Waals surface area (Å²) >= 11 is 1.53. The minimum absolute atomic E-state index is 0.0372. The quantitative estimate of drug-likeness (QED) is 0.909. The van der Waals surface area contributed by atoms with E-state index in [-0.39, 0.29) is 6.10 Å². The lowest BCUT2D eigenvalue weighted by molar-refractivity contribution is 0.0385. The molecule has 3 rings (SSSR count). The summed E-state index contributed by atoms with van der Waals surface area (Å²) in [4.78, 5) is 5.31. The SMILES string of the molecule is CCOC(c1noc(-c2scc(C)c2N)n1)C1CC1. The van der Waals surface area contributed by atoms with E-state index >= 15 is 0 Å². The van der Waals surface area contributed by atoms with Crippen molar-refractivity contribution in [2.24, 2.45) is 5.92 Å². The summed E-state index contributed by atoms with van der Waals surface area (Å²) in [6.45, 7) is 4.61. The molecule has 1 atom stereocenters. The van der Waals surface area contributed by atoms with Crippen LogP contribution in [0.25, 0.3) is 10.8 Å². The van der Waals surface area contributed by atoms with Crippen molar-refractivity contribution in [2.75, 3.05) is 12.3 Å². The molecule has 1 aliphatic carbocycles. The maximum Gasteiger partial charge on any atom is 0.270 e. The van der Waals surface area contributed by atoms with Crippen molar-refractivity contribution in [3.8, 4) is 10.8 Å². The van der Waals surface area contributed by atoms with E-state index < -0.39 is 0 Å². The van der Waals surface area contributed by atoms with Crippen molar-refractivity contribution in [1.82, 2.24) is 10.1 Å². The van der Waals surface area contributed by atoms with Gasteiger partial charge in [0.25, 0.3) is 5.89 Å². The molecular formula is C13H17N3O2S. The van der Waals surface area contributed by atoms with Crippen LogP contribution >= 0.6 is 11.3 Å². The van der Waals surface area contributed by atoms with Crippen molar-refractivity contribution in [3.63, 3.8) is 0 Å². The van der Waals surface area contributed by atoms with E-state index in [4.69, 9.17) is 15.0 Å². The number of thiophene rings is 1. The minimum Gasteiger partial charge on any atom is -0.397 e. The molecule has 0 spiro atoms. The third kappa shape index (κ3) is 2.37. The Morgan fingerprint density at radius 1 is 1.58 bits per heavy atom. The largest absolute Gasteiger partial charge is 0.397 e. The van der Waals surface area contributed by atoms with E-state index in [9.17, 15) is 0 Å². The van der Waals surface area contributed by atoms with Crippen LogP contribution in [-0.2, 0) is 4.74 Å². The second-order valence-corrected chi connectivity index (χ2v) is 5.71. The zero-order valence-corrected chi connectivity index (χ0v) is 11.9. The Labute approximate surface area is 115 Å². The lowest BCUT2D eigenvalue weighted by Crippen LogP contribution is -2.08. The van der Waals surface area contributed by atoms with Crippen LogP contribution in [0.4, 0.5) is 5.69 Å². The van der Waals surface area contributed by atoms with Crippen LogP contribution in [0, 0.1) is 12.8 Å². The Balaban J connectivity index is 1.88. The number of nitrogen functional groups attached to an aromatic ring is 1. The fourth-order valence-corrected chi connectivity index (χ4v) is 2.95. The van der Waals surface area contributed by atoms with Crippen LogP contribution in [0.3, 0.4) is 0 Å². The van der Waals surface area contributed by atoms with Crippen molar-refractivity contribution < 1.29 is 9.26 Å². The first-order valence-electron chi connectivity index (χ1n) is 6.49. The van der Waals surface area contributed by atoms with Crippen LogP contribution in [0.15, 0.2) is 9.90 Å². The third-order valence-corrected chi connectivity index (χ3v) is 4.41. The predicted octanol–water partition coefficient (Wildman–Crippen LogP) is 3.18. The van der Waals surface area contributed by atoms with Crippen molar-refractivity contribution in [1.29, 1.82) is 0 Å². The Bertz CT molecular complexity index is 574. The highest BCUT2D eigenvalue weighted by molar-refractivity contribution is 7.14. The zero-order chi connectivity index (χ0) is 13.4. The van der Waals surface area contributed by atoms with Gasteiger partial charge in [-0.15, -0.1) is 11.3 Å². The lowest BCUT2D eigenvalue weighted by atomic mass is 10.2. The molecule has 6 heteroatoms. The van der Waals surface area contributed by atoms with Crippen molar-refractivity contribution in [2.45, 2.75) is 32.8 Å². The Hall–Kier alpha value is -1.40. The molecule has 19 heavy (non-hydrogen) atoms. The Kier molecular flexibility index (Phi) is 3.28. The average molecular weight is 279 g/mol. The summed E-state index contributed by atoms with van der Waals surface area (Å²) in [5, 5.41) is 6.06. The molecule has 1 fully saturated rings. The number of ether oxygens (including phenoxy) is 1. The van der Waals surface area contributed by atoms with E-state index in [0.717, 1.165) is 16.1 Å². The van der Waals surface area contributed by atoms with Gasteiger partial charge in [-0.2, -0.15) is 4.98 Å². The lowest BCUT2D eigenvalue weighted by Gasteiger charge is -2.10. The standard InChI is InChI=1S/C13H17N3O2S/c1-3-17-10(8-4-5-8)12-15-13(18-16-12)11-9(14)7(2)6-19-11/h6,8,10H,3-5,14H2,1-2H3. The first-order chi connectivity index (χ1) is 9.20. The van der Waals surface area contributed by atoms with Crippen LogP contribution in [0.2, 0.25) is 0 Å². The molecule has 2 aromatic rings. The molecule has 0 aromatic carbocycles. The van der Waals surface area contributed by atoms with E-state index in [1.165, 1.54) is 24.2 Å². The summed E-state index contributed by atoms with van der Waals surface area (Å²) in [7, 11) is 0. The van der Waals surface area contributed by atoms with Gasteiger partial charge in [-0.3, -0.25) is 0 Å². The first-order valence-corrected chi connectivity index (χ1v) is 7.37. The first kappa shape index (κ1) is 12.6. The topological polar surface area (TPSA) is 74.2 Å². The number of rotatable bonds is 5. The van der Waals surface area contributed by atoms with Gasteiger partial charge in [-0.05, 0) is 43.6 Å². The van der Waals surface area contributed by atoms with Gasteiger partial charge in [0.1, 0.15) is 11.0 Å². The van der Waals surface area contributed by atoms with E-state index in [0.29, 0.717) is 24.2 Å². The molecule has 2 heterocycles. The van der Waals surface area contributed by atoms with E-state index in [1.807, 2.05) is 19.2 Å². The molecule has 0 amide bonds. The molecule has 102 valence electrons. The molecule has 0 bridgehead atoms. The number of hydrogen-bond acceptors (Lipinski definition) is 6. The van der Waals surface area contributed by atoms with Gasteiger partial charge in [-0.25, -0.2) is 0 Å². The predicted molar refractivity (Wildman–Crippen MR) is 73.9 cm³/mol. The summed E-state index contributed by atoms with van der Waals surface area (Å²) in [5.74, 6) is 1.67. The molecule has 5 nitrogen and oxygen atoms in total. The highest BCUT2D eigenvalue weighted by Gasteiger charge is 2.36. The average Bonchev–Trinajstić information content (AvgIpc) is 3.04. The normalized spacial score (nSPS) is 16.7. The number of hydrogen-bond donors (Lipinski definition) is 1. The van der Waals surface area contributed by atoms with Crippen molar-refractivity contribution in [3.05, 3.63) is 16.8 Å². The fraction of sp³-hybridized carbons (Fsp3) is 0.538. The Morgan fingerprint density at radius 2 is 2.37 bits per heavy atom. The van der Waals surface area contributed by atoms with Gasteiger partial charge in [0.15, 0.2) is 0 Å². The fourth-order valence-electron chi connectivity index (χ4n) is 2.06. The third-order valence-electron chi connectivity index (χ3n) is 3.31. The number of nitrogens with zero attached hydrogens (tertiary/aromatic N) is 2. The van der Waals surface area contributed by atoms with Gasteiger partial charge >= 0.3 is 0 Å². The van der Waals surface area contributed by atoms with E-state index in [1.54, 1.807) is 0 Å². The molecule has 0 radical (unpaired) electrons. The van der Waals surface area contributed by atoms with Crippen molar-refractivity contribution >= 4 is 17.0 Å². The molecule has 2 N–H and O–H groups in total. The number of aromatic nitrogens is 2. The number of aryl methyl sites for hydroxylation is 1. The molecule has 1 saturated carbocycles. The zero-order valence-electron chi connectivity index (χ0n) is 11.0. The second kappa shape index (κ2) is 4.94. The van der Waals surface area contributed by atoms with Gasteiger partial charge in [-0.1, -0.05) is 5.16 Å². The maximum absolute atomic E-state index is 6.00. The smallest absolute Gasteiger partial charge is 0.270 e. The summed E-state index contributed by atoms with van der Waals surface area (Å²) in [6, 6.07) is 0. The molecule has 0 saturated heterocycles. The Morgan fingerprint density at radius 3 is 2.95 bits per heavy atom. The molecule has 0 aliphatic heterocycles. The van der Waals surface area contributed by atoms with Gasteiger partial charge < -0.3 is 15.0 Å². The molecule has 1 unspecified atom stereocenters. The molecular weight excluding hydrogens is 262 g/mol. The molecule has 1 aliphatic rings. The maximum atomic E-state index is 6.00. The summed E-state index contributed by atoms with van der Waals surface area (Å²) < 4.78 is 11.1. The van der Waals surface area contributed by atoms with Crippen LogP contribution in [0.1, 0.15) is 37.3 Å². The van der Waals surface area contributed by atoms with Gasteiger partial charge in [0.05, 0.1) is 5.69 Å². The number of nitrogens with two attached hydrogens (primary N) is 1. The monoisotopic (exact) mass is 279 g/mol. The minimum atomic E-state index is -0.0372. The van der Waals surface area contributed by atoms with Crippen LogP contribution in [-0.4, -0.2) is 16.7 Å². The second-order valence-electron chi connectivity index (χ2n) is 4.83. The highest BCUT2D eigenvalue weighted by atomic mass is 32.1. The number of anilines is 1. The van der Waals surface area contributed by atoms with Gasteiger partial charge in [0, 0.05) is 6.61 Å². The van der Waals surface area contributed by atoms with Gasteiger partial charge in [0.2, 0.25) is 5.82 Å².